The predicted octanol–water partition coefficient (Wildman–Crippen LogP) is 3.02. The van der Waals surface area contributed by atoms with E-state index >= 15 is 0 Å². The summed E-state index contributed by atoms with van der Waals surface area (Å²) < 4.78 is 6.65. The first-order chi connectivity index (χ1) is 14.6. The standard InChI is InChI=1S/C23H29N3O5/c1-23(2,3)31-22(30)24-18-10-12-25(13-11-18)14-16-4-7-19(8-5-16)26-15-17(21(28)29)6-9-20(26)27/h4-9,15,18H,10-14H2,1-3H3,(H,24,30)(H,28,29). The summed E-state index contributed by atoms with van der Waals surface area (Å²) in [4.78, 5) is 37.5. The van der Waals surface area contributed by atoms with Gasteiger partial charge in [-0.1, -0.05) is 12.1 Å². The van der Waals surface area contributed by atoms with Crippen LogP contribution in [0.2, 0.25) is 0 Å². The first-order valence-corrected chi connectivity index (χ1v) is 10.4. The molecule has 1 saturated heterocycles. The molecule has 8 nitrogen and oxygen atoms in total. The minimum atomic E-state index is -1.07. The molecule has 1 amide bonds. The van der Waals surface area contributed by atoms with E-state index in [4.69, 9.17) is 9.84 Å². The second-order valence-electron chi connectivity index (χ2n) is 8.79. The van der Waals surface area contributed by atoms with Crippen molar-refractivity contribution in [2.24, 2.45) is 0 Å². The second-order valence-corrected chi connectivity index (χ2v) is 8.79. The Morgan fingerprint density at radius 1 is 1.10 bits per heavy atom. The van der Waals surface area contributed by atoms with E-state index in [1.54, 1.807) is 0 Å². The molecule has 1 aromatic carbocycles. The summed E-state index contributed by atoms with van der Waals surface area (Å²) in [5.74, 6) is -1.07. The van der Waals surface area contributed by atoms with Gasteiger partial charge in [-0.25, -0.2) is 9.59 Å². The highest BCUT2D eigenvalue weighted by Gasteiger charge is 2.23. The molecular formula is C23H29N3O5. The van der Waals surface area contributed by atoms with E-state index in [-0.39, 0.29) is 23.3 Å². The molecule has 0 atom stereocenters. The van der Waals surface area contributed by atoms with Crippen molar-refractivity contribution in [1.82, 2.24) is 14.8 Å². The Morgan fingerprint density at radius 3 is 2.32 bits per heavy atom. The predicted molar refractivity (Wildman–Crippen MR) is 117 cm³/mol. The quantitative estimate of drug-likeness (QED) is 0.761. The van der Waals surface area contributed by atoms with Gasteiger partial charge < -0.3 is 15.2 Å². The second kappa shape index (κ2) is 9.34. The van der Waals surface area contributed by atoms with Crippen LogP contribution in [0.5, 0.6) is 0 Å². The van der Waals surface area contributed by atoms with Gasteiger partial charge in [0.15, 0.2) is 0 Å². The number of alkyl carbamates (subject to hydrolysis) is 1. The molecule has 3 rings (SSSR count). The van der Waals surface area contributed by atoms with Crippen LogP contribution in [-0.2, 0) is 11.3 Å². The van der Waals surface area contributed by atoms with Crippen LogP contribution >= 0.6 is 0 Å². The summed E-state index contributed by atoms with van der Waals surface area (Å²) in [5.41, 5.74) is 1.00. The number of carboxylic acids is 1. The fourth-order valence-electron chi connectivity index (χ4n) is 3.55. The number of hydrogen-bond acceptors (Lipinski definition) is 5. The first-order valence-electron chi connectivity index (χ1n) is 10.4. The molecular weight excluding hydrogens is 398 g/mol. The largest absolute Gasteiger partial charge is 0.478 e. The average molecular weight is 428 g/mol. The van der Waals surface area contributed by atoms with Gasteiger partial charge in [-0.05, 0) is 57.4 Å². The normalized spacial score (nSPS) is 15.5. The number of likely N-dealkylation sites (tertiary alicyclic amines) is 1. The number of carbonyl (C=O) groups is 2. The Balaban J connectivity index is 1.55. The summed E-state index contributed by atoms with van der Waals surface area (Å²) >= 11 is 0. The zero-order valence-electron chi connectivity index (χ0n) is 18.1. The fraction of sp³-hybridized carbons (Fsp3) is 0.435. The number of hydrogen-bond donors (Lipinski definition) is 2. The molecule has 0 aliphatic carbocycles. The SMILES string of the molecule is CC(C)(C)OC(=O)NC1CCN(Cc2ccc(-n3cc(C(=O)O)ccc3=O)cc2)CC1. The Bertz CT molecular complexity index is 984. The molecule has 166 valence electrons. The minimum absolute atomic E-state index is 0.0616. The van der Waals surface area contributed by atoms with Crippen LogP contribution in [0.4, 0.5) is 4.79 Å². The highest BCUT2D eigenvalue weighted by molar-refractivity contribution is 5.87. The maximum absolute atomic E-state index is 12.1. The number of ether oxygens (including phenoxy) is 1. The van der Waals surface area contributed by atoms with Crippen LogP contribution in [0.3, 0.4) is 0 Å². The lowest BCUT2D eigenvalue weighted by atomic mass is 10.0. The van der Waals surface area contributed by atoms with Gasteiger partial charge in [-0.15, -0.1) is 0 Å². The van der Waals surface area contributed by atoms with Gasteiger partial charge in [0.05, 0.1) is 5.56 Å². The lowest BCUT2D eigenvalue weighted by Crippen LogP contribution is -2.45. The van der Waals surface area contributed by atoms with Gasteiger partial charge in [-0.3, -0.25) is 14.3 Å². The molecule has 0 radical (unpaired) electrons. The number of amides is 1. The third kappa shape index (κ3) is 6.42. The molecule has 0 unspecified atom stereocenters. The van der Waals surface area contributed by atoms with Crippen LogP contribution in [0.15, 0.2) is 47.4 Å². The Kier molecular flexibility index (Phi) is 6.80. The van der Waals surface area contributed by atoms with E-state index in [1.807, 2.05) is 45.0 Å². The van der Waals surface area contributed by atoms with Crippen molar-refractivity contribution >= 4 is 12.1 Å². The van der Waals surface area contributed by atoms with Gasteiger partial charge >= 0.3 is 12.1 Å². The monoisotopic (exact) mass is 427 g/mol. The highest BCUT2D eigenvalue weighted by atomic mass is 16.6. The number of pyridine rings is 1. The molecule has 0 spiro atoms. The maximum Gasteiger partial charge on any atom is 0.407 e. The summed E-state index contributed by atoms with van der Waals surface area (Å²) in [6, 6.07) is 10.2. The summed E-state index contributed by atoms with van der Waals surface area (Å²) in [7, 11) is 0. The summed E-state index contributed by atoms with van der Waals surface area (Å²) in [5, 5.41) is 12.1. The van der Waals surface area contributed by atoms with Crippen molar-refractivity contribution in [3.63, 3.8) is 0 Å². The Hall–Kier alpha value is -3.13. The van der Waals surface area contributed by atoms with Gasteiger partial charge in [0, 0.05) is 43.6 Å². The number of aromatic carboxylic acids is 1. The van der Waals surface area contributed by atoms with Crippen molar-refractivity contribution < 1.29 is 19.4 Å². The topological polar surface area (TPSA) is 101 Å². The third-order valence-corrected chi connectivity index (χ3v) is 5.09. The summed E-state index contributed by atoms with van der Waals surface area (Å²) in [6.45, 7) is 8.03. The fourth-order valence-corrected chi connectivity index (χ4v) is 3.55. The van der Waals surface area contributed by atoms with E-state index in [9.17, 15) is 14.4 Å². The van der Waals surface area contributed by atoms with E-state index < -0.39 is 11.6 Å². The van der Waals surface area contributed by atoms with Gasteiger partial charge in [0.25, 0.3) is 5.56 Å². The van der Waals surface area contributed by atoms with Crippen LogP contribution in [0.25, 0.3) is 5.69 Å². The molecule has 1 fully saturated rings. The van der Waals surface area contributed by atoms with E-state index in [0.717, 1.165) is 38.0 Å². The average Bonchev–Trinajstić information content (AvgIpc) is 2.69. The van der Waals surface area contributed by atoms with E-state index in [1.165, 1.54) is 22.9 Å². The van der Waals surface area contributed by atoms with Gasteiger partial charge in [0.1, 0.15) is 5.60 Å². The molecule has 0 saturated carbocycles. The number of benzene rings is 1. The van der Waals surface area contributed by atoms with Crippen LogP contribution in [0, 0.1) is 0 Å². The lowest BCUT2D eigenvalue weighted by molar-refractivity contribution is 0.0477. The number of nitrogens with zero attached hydrogens (tertiary/aromatic N) is 2. The van der Waals surface area contributed by atoms with Crippen LogP contribution in [0.1, 0.15) is 49.5 Å². The van der Waals surface area contributed by atoms with Crippen molar-refractivity contribution in [3.8, 4) is 5.69 Å². The van der Waals surface area contributed by atoms with E-state index in [2.05, 4.69) is 10.2 Å². The molecule has 1 aliphatic rings. The number of piperidine rings is 1. The van der Waals surface area contributed by atoms with Crippen molar-refractivity contribution in [1.29, 1.82) is 0 Å². The number of carboxylic acid groups (broad SMARTS) is 1. The first kappa shape index (κ1) is 22.6. The van der Waals surface area contributed by atoms with Crippen LogP contribution in [-0.4, -0.2) is 51.4 Å². The number of carbonyl (C=O) groups excluding carboxylic acids is 1. The Labute approximate surface area is 181 Å². The van der Waals surface area contributed by atoms with Crippen molar-refractivity contribution in [2.45, 2.75) is 51.8 Å². The zero-order chi connectivity index (χ0) is 22.6. The number of nitrogens with one attached hydrogen (secondary N) is 1. The molecule has 2 aromatic rings. The molecule has 8 heteroatoms. The van der Waals surface area contributed by atoms with Crippen molar-refractivity contribution in [2.75, 3.05) is 13.1 Å². The lowest BCUT2D eigenvalue weighted by Gasteiger charge is -2.32. The molecule has 0 bridgehead atoms. The number of aromatic nitrogens is 1. The van der Waals surface area contributed by atoms with Crippen molar-refractivity contribution in [3.05, 3.63) is 64.1 Å². The third-order valence-electron chi connectivity index (χ3n) is 5.09. The molecule has 31 heavy (non-hydrogen) atoms. The highest BCUT2D eigenvalue weighted by Crippen LogP contribution is 2.16. The minimum Gasteiger partial charge on any atom is -0.478 e. The molecule has 2 heterocycles. The van der Waals surface area contributed by atoms with Gasteiger partial charge in [0.2, 0.25) is 0 Å². The maximum atomic E-state index is 12.1. The molecule has 1 aromatic heterocycles. The smallest absolute Gasteiger partial charge is 0.407 e. The zero-order valence-corrected chi connectivity index (χ0v) is 18.1. The Morgan fingerprint density at radius 2 is 1.74 bits per heavy atom. The molecule has 2 N–H and O–H groups in total. The number of rotatable bonds is 5. The molecule has 1 aliphatic heterocycles. The van der Waals surface area contributed by atoms with Crippen LogP contribution < -0.4 is 10.9 Å². The van der Waals surface area contributed by atoms with E-state index in [0.29, 0.717) is 5.69 Å². The summed E-state index contributed by atoms with van der Waals surface area (Å²) in [6.07, 6.45) is 2.68. The van der Waals surface area contributed by atoms with Gasteiger partial charge in [-0.2, -0.15) is 0 Å².